The van der Waals surface area contributed by atoms with Crippen LogP contribution in [0.15, 0.2) is 78.9 Å². The van der Waals surface area contributed by atoms with Gasteiger partial charge in [0.1, 0.15) is 12.6 Å². The van der Waals surface area contributed by atoms with E-state index in [4.69, 9.17) is 4.74 Å². The van der Waals surface area contributed by atoms with Gasteiger partial charge in [-0.2, -0.15) is 0 Å². The molecule has 2 amide bonds. The van der Waals surface area contributed by atoms with Crippen molar-refractivity contribution in [2.75, 3.05) is 19.7 Å². The molecule has 1 saturated heterocycles. The van der Waals surface area contributed by atoms with Gasteiger partial charge in [-0.3, -0.25) is 9.59 Å². The van der Waals surface area contributed by atoms with Crippen molar-refractivity contribution in [1.82, 2.24) is 10.2 Å². The molecule has 1 heterocycles. The molecule has 1 unspecified atom stereocenters. The Kier molecular flexibility index (Phi) is 6.23. The third kappa shape index (κ3) is 4.49. The summed E-state index contributed by atoms with van der Waals surface area (Å²) in [6.07, 6.45) is -0.295. The minimum absolute atomic E-state index is 0.0890. The molecule has 0 radical (unpaired) electrons. The van der Waals surface area contributed by atoms with Crippen LogP contribution in [0.2, 0.25) is 0 Å². The van der Waals surface area contributed by atoms with Crippen molar-refractivity contribution in [2.45, 2.75) is 18.4 Å². The number of ether oxygens (including phenoxy) is 1. The summed E-state index contributed by atoms with van der Waals surface area (Å²) in [5.41, 5.74) is 5.10. The molecule has 0 bridgehead atoms. The summed E-state index contributed by atoms with van der Waals surface area (Å²) in [6.45, 7) is 0.607. The molecule has 1 fully saturated rings. The summed E-state index contributed by atoms with van der Waals surface area (Å²) in [5, 5.41) is 12.0. The molecule has 1 aliphatic heterocycles. The number of likely N-dealkylation sites (tertiary alicyclic amines) is 1. The minimum atomic E-state index is -0.959. The van der Waals surface area contributed by atoms with Crippen molar-refractivity contribution in [3.63, 3.8) is 0 Å². The average Bonchev–Trinajstić information content (AvgIpc) is 3.50. The van der Waals surface area contributed by atoms with Crippen LogP contribution in [0.5, 0.6) is 0 Å². The molecule has 1 aliphatic carbocycles. The van der Waals surface area contributed by atoms with Crippen LogP contribution in [-0.2, 0) is 14.3 Å². The van der Waals surface area contributed by atoms with Gasteiger partial charge in [0.2, 0.25) is 5.91 Å². The Balaban J connectivity index is 1.31. The third-order valence-electron chi connectivity index (χ3n) is 6.83. The minimum Gasteiger partial charge on any atom is -0.481 e. The molecule has 7 nitrogen and oxygen atoms in total. The molecule has 2 atom stereocenters. The van der Waals surface area contributed by atoms with E-state index in [-0.39, 0.29) is 25.0 Å². The summed E-state index contributed by atoms with van der Waals surface area (Å²) >= 11 is 0. The van der Waals surface area contributed by atoms with Gasteiger partial charge in [-0.25, -0.2) is 4.79 Å². The van der Waals surface area contributed by atoms with Crippen LogP contribution in [0.25, 0.3) is 11.1 Å². The van der Waals surface area contributed by atoms with Gasteiger partial charge in [0.05, 0.1) is 5.92 Å². The maximum absolute atomic E-state index is 13.3. The zero-order chi connectivity index (χ0) is 24.4. The van der Waals surface area contributed by atoms with Crippen LogP contribution >= 0.6 is 0 Å². The zero-order valence-corrected chi connectivity index (χ0v) is 19.1. The number of carbonyl (C=O) groups is 3. The van der Waals surface area contributed by atoms with E-state index >= 15 is 0 Å². The van der Waals surface area contributed by atoms with Crippen LogP contribution < -0.4 is 5.32 Å². The Morgan fingerprint density at radius 2 is 1.51 bits per heavy atom. The van der Waals surface area contributed by atoms with E-state index in [0.717, 1.165) is 22.3 Å². The smallest absolute Gasteiger partial charge is 0.408 e. The molecule has 0 aromatic heterocycles. The van der Waals surface area contributed by atoms with E-state index in [0.29, 0.717) is 18.5 Å². The van der Waals surface area contributed by atoms with Gasteiger partial charge in [0, 0.05) is 19.0 Å². The number of fused-ring (bicyclic) bond motifs is 3. The van der Waals surface area contributed by atoms with Crippen LogP contribution in [-0.4, -0.2) is 47.7 Å². The lowest BCUT2D eigenvalue weighted by Gasteiger charge is -2.25. The van der Waals surface area contributed by atoms with Crippen molar-refractivity contribution in [1.29, 1.82) is 0 Å². The van der Waals surface area contributed by atoms with Crippen LogP contribution in [0.3, 0.4) is 0 Å². The fourth-order valence-corrected chi connectivity index (χ4v) is 5.04. The van der Waals surface area contributed by atoms with E-state index in [1.807, 2.05) is 42.5 Å². The van der Waals surface area contributed by atoms with Crippen molar-refractivity contribution in [3.05, 3.63) is 95.6 Å². The normalized spacial score (nSPS) is 17.4. The van der Waals surface area contributed by atoms with Crippen molar-refractivity contribution < 1.29 is 24.2 Å². The first kappa shape index (κ1) is 22.7. The number of benzene rings is 3. The van der Waals surface area contributed by atoms with E-state index in [1.165, 1.54) is 4.90 Å². The Morgan fingerprint density at radius 3 is 2.11 bits per heavy atom. The second kappa shape index (κ2) is 9.62. The molecule has 0 saturated carbocycles. The number of carbonyl (C=O) groups excluding carboxylic acids is 2. The first-order valence-corrected chi connectivity index (χ1v) is 11.7. The van der Waals surface area contributed by atoms with Gasteiger partial charge in [0.25, 0.3) is 0 Å². The topological polar surface area (TPSA) is 95.9 Å². The lowest BCUT2D eigenvalue weighted by atomic mass is 9.98. The van der Waals surface area contributed by atoms with Gasteiger partial charge in [-0.1, -0.05) is 78.9 Å². The second-order valence-electron chi connectivity index (χ2n) is 8.92. The molecule has 3 aromatic carbocycles. The zero-order valence-electron chi connectivity index (χ0n) is 19.1. The number of hydrogen-bond acceptors (Lipinski definition) is 4. The largest absolute Gasteiger partial charge is 0.481 e. The van der Waals surface area contributed by atoms with E-state index in [2.05, 4.69) is 17.4 Å². The van der Waals surface area contributed by atoms with Gasteiger partial charge < -0.3 is 20.1 Å². The van der Waals surface area contributed by atoms with Crippen molar-refractivity contribution in [3.8, 4) is 11.1 Å². The SMILES string of the molecule is O=C(N[C@H](C(=O)N1CCC(C(=O)O)C1)c1ccccc1)OCC1c2ccccc2-c2ccccc21. The highest BCUT2D eigenvalue weighted by atomic mass is 16.5. The second-order valence-corrected chi connectivity index (χ2v) is 8.92. The Hall–Kier alpha value is -4.13. The molecule has 5 rings (SSSR count). The summed E-state index contributed by atoms with van der Waals surface area (Å²) in [6, 6.07) is 24.1. The van der Waals surface area contributed by atoms with Crippen molar-refractivity contribution >= 4 is 18.0 Å². The molecular formula is C28H26N2O5. The number of carboxylic acids is 1. The lowest BCUT2D eigenvalue weighted by Crippen LogP contribution is -2.42. The monoisotopic (exact) mass is 470 g/mol. The highest BCUT2D eigenvalue weighted by molar-refractivity contribution is 5.88. The fraction of sp³-hybridized carbons (Fsp3) is 0.250. The van der Waals surface area contributed by atoms with Crippen LogP contribution in [0.1, 0.15) is 35.1 Å². The number of hydrogen-bond donors (Lipinski definition) is 2. The van der Waals surface area contributed by atoms with Crippen molar-refractivity contribution in [2.24, 2.45) is 5.92 Å². The number of aliphatic carboxylic acids is 1. The van der Waals surface area contributed by atoms with Gasteiger partial charge >= 0.3 is 12.1 Å². The summed E-state index contributed by atoms with van der Waals surface area (Å²) in [4.78, 5) is 39.0. The van der Waals surface area contributed by atoms with E-state index in [1.54, 1.807) is 24.3 Å². The molecule has 7 heteroatoms. The molecule has 3 aromatic rings. The average molecular weight is 471 g/mol. The Morgan fingerprint density at radius 1 is 0.914 bits per heavy atom. The Labute approximate surface area is 203 Å². The molecular weight excluding hydrogens is 444 g/mol. The molecule has 2 N–H and O–H groups in total. The summed E-state index contributed by atoms with van der Waals surface area (Å²) in [5.74, 6) is -1.94. The van der Waals surface area contributed by atoms with Gasteiger partial charge in [0.15, 0.2) is 0 Å². The summed E-state index contributed by atoms with van der Waals surface area (Å²) < 4.78 is 5.65. The molecule has 178 valence electrons. The third-order valence-corrected chi connectivity index (χ3v) is 6.83. The predicted molar refractivity (Wildman–Crippen MR) is 130 cm³/mol. The van der Waals surface area contributed by atoms with E-state index in [9.17, 15) is 19.5 Å². The number of rotatable bonds is 6. The number of nitrogens with zero attached hydrogens (tertiary/aromatic N) is 1. The predicted octanol–water partition coefficient (Wildman–Crippen LogP) is 4.20. The quantitative estimate of drug-likeness (QED) is 0.563. The Bertz CT molecular complexity index is 1210. The van der Waals surface area contributed by atoms with E-state index < -0.39 is 24.0 Å². The van der Waals surface area contributed by atoms with Crippen LogP contribution in [0, 0.1) is 5.92 Å². The summed E-state index contributed by atoms with van der Waals surface area (Å²) in [7, 11) is 0. The number of carboxylic acid groups (broad SMARTS) is 1. The number of alkyl carbamates (subject to hydrolysis) is 1. The maximum atomic E-state index is 13.3. The first-order chi connectivity index (χ1) is 17.0. The first-order valence-electron chi connectivity index (χ1n) is 11.7. The number of nitrogens with one attached hydrogen (secondary N) is 1. The van der Waals surface area contributed by atoms with Crippen LogP contribution in [0.4, 0.5) is 4.79 Å². The maximum Gasteiger partial charge on any atom is 0.408 e. The molecule has 0 spiro atoms. The highest BCUT2D eigenvalue weighted by Gasteiger charge is 2.36. The standard InChI is InChI=1S/C28H26N2O5/c31-26(30-15-14-19(16-30)27(32)33)25(18-8-2-1-3-9-18)29-28(34)35-17-24-22-12-6-4-10-20(22)21-11-5-7-13-23(21)24/h1-13,19,24-25H,14-17H2,(H,29,34)(H,32,33)/t19?,25-/m0/s1. The fourth-order valence-electron chi connectivity index (χ4n) is 5.04. The molecule has 35 heavy (non-hydrogen) atoms. The van der Waals surface area contributed by atoms with Gasteiger partial charge in [-0.15, -0.1) is 0 Å². The molecule has 2 aliphatic rings. The van der Waals surface area contributed by atoms with Gasteiger partial charge in [-0.05, 0) is 34.2 Å². The lowest BCUT2D eigenvalue weighted by molar-refractivity contribution is -0.141. The number of amides is 2. The highest BCUT2D eigenvalue weighted by Crippen LogP contribution is 2.44.